The molecule has 6 aliphatic rings. The first-order chi connectivity index (χ1) is 32.1. The lowest BCUT2D eigenvalue weighted by Crippen LogP contribution is -2.43. The Bertz CT molecular complexity index is 2520. The van der Waals surface area contributed by atoms with Gasteiger partial charge in [0.05, 0.1) is 28.7 Å². The summed E-state index contributed by atoms with van der Waals surface area (Å²) in [7, 11) is 2.01. The molecule has 16 heteroatoms. The van der Waals surface area contributed by atoms with E-state index in [-0.39, 0.29) is 74.2 Å². The topological polar surface area (TPSA) is 209 Å². The number of hydrogen-bond donors (Lipinski definition) is 4. The Morgan fingerprint density at radius 3 is 2.28 bits per heavy atom. The number of rotatable bonds is 6. The molecule has 0 saturated carbocycles. The number of nitrogens with one attached hydrogen (secondary N) is 1. The molecule has 2 aromatic carbocycles. The quantitative estimate of drug-likeness (QED) is 0.146. The number of likely N-dealkylation sites (tertiary alicyclic amines) is 2. The molecule has 5 bridgehead atoms. The number of ketones is 1. The Balaban J connectivity index is 1.25. The number of nitrogens with zero attached hydrogens (tertiary/aromatic N) is 4. The van der Waals surface area contributed by atoms with E-state index >= 15 is 0 Å². The van der Waals surface area contributed by atoms with Gasteiger partial charge in [0, 0.05) is 74.9 Å². The standard InChI is InChI=1S/C52H71N5O11/c1-28(2)27-57-22-18-52(19-23-57)54-41-38-39-45(61)34(8)48-40(38)49(63)51(9,68-48)65-24-12-15-30(4)47(67-37(59)26-36(58)66-35-16-20-56(10)21-17-35)33(7)44(60)32(6)25-29(3)13-11-14-31(5)50(64)53-43(46(39)62)42(41)55-52/h11-14,24,28-30,32-33,35,44,47,60-62H,15-23,25-27H2,1-10H3,(H,53,64)/b13-11+,24-12+,31-14-/t29?,30-,32-,33-,44?,47?,51?/m1/s1. The second-order valence-corrected chi connectivity index (χ2v) is 20.7. The Kier molecular flexibility index (Phi) is 15.1. The lowest BCUT2D eigenvalue weighted by atomic mass is 9.80. The van der Waals surface area contributed by atoms with Gasteiger partial charge in [-0.25, -0.2) is 0 Å². The first kappa shape index (κ1) is 50.6. The first-order valence-electron chi connectivity index (χ1n) is 24.4. The molecule has 6 heterocycles. The zero-order chi connectivity index (χ0) is 49.4. The zero-order valence-corrected chi connectivity index (χ0v) is 41.4. The van der Waals surface area contributed by atoms with E-state index in [0.717, 1.165) is 19.6 Å². The van der Waals surface area contributed by atoms with Crippen molar-refractivity contribution in [3.63, 3.8) is 0 Å². The average Bonchev–Trinajstić information content (AvgIpc) is 3.78. The van der Waals surface area contributed by atoms with Crippen molar-refractivity contribution in [1.29, 1.82) is 0 Å². The number of aromatic hydroxyl groups is 2. The lowest BCUT2D eigenvalue weighted by Gasteiger charge is -2.36. The number of esters is 2. The molecule has 2 fully saturated rings. The summed E-state index contributed by atoms with van der Waals surface area (Å²) in [5, 5.41) is 39.2. The van der Waals surface area contributed by atoms with Gasteiger partial charge in [0.2, 0.25) is 0 Å². The molecule has 16 nitrogen and oxygen atoms in total. The van der Waals surface area contributed by atoms with Gasteiger partial charge < -0.3 is 49.4 Å². The Labute approximate surface area is 399 Å². The van der Waals surface area contributed by atoms with Crippen molar-refractivity contribution in [3.05, 3.63) is 58.0 Å². The molecule has 0 radical (unpaired) electrons. The minimum absolute atomic E-state index is 0.0205. The molecule has 2 aromatic rings. The number of hydrogen-bond acceptors (Lipinski definition) is 15. The van der Waals surface area contributed by atoms with Gasteiger partial charge in [0.1, 0.15) is 41.2 Å². The number of amides is 1. The number of aliphatic hydroxyl groups is 1. The van der Waals surface area contributed by atoms with Crippen LogP contribution in [0.25, 0.3) is 10.8 Å². The summed E-state index contributed by atoms with van der Waals surface area (Å²) >= 11 is 0. The van der Waals surface area contributed by atoms with Crippen LogP contribution in [0.4, 0.5) is 5.69 Å². The van der Waals surface area contributed by atoms with E-state index in [1.54, 1.807) is 32.1 Å². The van der Waals surface area contributed by atoms with Crippen molar-refractivity contribution in [2.45, 2.75) is 137 Å². The van der Waals surface area contributed by atoms with Gasteiger partial charge in [0.25, 0.3) is 11.7 Å². The van der Waals surface area contributed by atoms with Gasteiger partial charge in [0.15, 0.2) is 11.4 Å². The molecule has 0 aliphatic carbocycles. The maximum absolute atomic E-state index is 14.8. The second kappa shape index (κ2) is 20.3. The smallest absolute Gasteiger partial charge is 0.317 e. The number of aliphatic hydroxyl groups excluding tert-OH is 1. The number of Topliss-reactive ketones (excluding diaryl/α,β-unsaturated/α-hetero) is 1. The summed E-state index contributed by atoms with van der Waals surface area (Å²) in [4.78, 5) is 70.0. The number of carbonyl (C=O) groups excluding carboxylic acids is 4. The van der Waals surface area contributed by atoms with E-state index in [1.165, 1.54) is 13.2 Å². The fourth-order valence-electron chi connectivity index (χ4n) is 10.4. The molecular formula is C52H71N5O11. The molecular weight excluding hydrogens is 871 g/mol. The van der Waals surface area contributed by atoms with Crippen LogP contribution in [0.15, 0.2) is 46.1 Å². The SMILES string of the molecule is C/C1=C/C=C/C(C)C[C@@H](C)C(O)[C@@H](C)C(OC(=O)CC(=O)OC2CCN(C)CC2)[C@H](C)C/C=C/OC2(C)Oc3c(C)c(O)c4c(O)c(c5c(c4c3C2=O)=NC2(CCN(CC(C)C)CC2)N=5)NC1=O. The third-order valence-electron chi connectivity index (χ3n) is 14.4. The van der Waals surface area contributed by atoms with Gasteiger partial charge in [-0.3, -0.25) is 29.2 Å². The Hall–Kier alpha value is -5.32. The van der Waals surface area contributed by atoms with Gasteiger partial charge >= 0.3 is 17.7 Å². The maximum Gasteiger partial charge on any atom is 0.317 e. The van der Waals surface area contributed by atoms with Crippen LogP contribution in [-0.4, -0.2) is 118 Å². The fraction of sp³-hybridized carbons (Fsp3) is 0.615. The maximum atomic E-state index is 14.8. The van der Waals surface area contributed by atoms with Crippen LogP contribution in [0.5, 0.6) is 17.2 Å². The highest BCUT2D eigenvalue weighted by Gasteiger charge is 2.50. The molecule has 1 amide bonds. The van der Waals surface area contributed by atoms with E-state index in [0.29, 0.717) is 56.7 Å². The molecule has 1 spiro atoms. The van der Waals surface area contributed by atoms with E-state index in [9.17, 15) is 34.5 Å². The predicted molar refractivity (Wildman–Crippen MR) is 256 cm³/mol. The molecule has 4 unspecified atom stereocenters. The van der Waals surface area contributed by atoms with Crippen molar-refractivity contribution in [1.82, 2.24) is 9.80 Å². The summed E-state index contributed by atoms with van der Waals surface area (Å²) in [5.74, 6) is -5.97. The van der Waals surface area contributed by atoms with Crippen molar-refractivity contribution in [2.24, 2.45) is 39.6 Å². The first-order valence-corrected chi connectivity index (χ1v) is 24.4. The third kappa shape index (κ3) is 10.5. The molecule has 7 atom stereocenters. The normalized spacial score (nSPS) is 30.1. The predicted octanol–water partition coefficient (Wildman–Crippen LogP) is 6.16. The average molecular weight is 942 g/mol. The number of allylic oxidation sites excluding steroid dienone is 4. The second-order valence-electron chi connectivity index (χ2n) is 20.7. The van der Waals surface area contributed by atoms with Crippen LogP contribution >= 0.6 is 0 Å². The lowest BCUT2D eigenvalue weighted by molar-refractivity contribution is -0.166. The van der Waals surface area contributed by atoms with Gasteiger partial charge in [-0.2, -0.15) is 0 Å². The highest BCUT2D eigenvalue weighted by atomic mass is 16.7. The Morgan fingerprint density at radius 1 is 0.941 bits per heavy atom. The molecule has 370 valence electrons. The van der Waals surface area contributed by atoms with Crippen LogP contribution in [-0.2, 0) is 28.6 Å². The number of fused-ring (bicyclic) bond motifs is 13. The zero-order valence-electron chi connectivity index (χ0n) is 41.4. The Morgan fingerprint density at radius 2 is 1.60 bits per heavy atom. The minimum Gasteiger partial charge on any atom is -0.507 e. The van der Waals surface area contributed by atoms with Crippen LogP contribution < -0.4 is 20.8 Å². The van der Waals surface area contributed by atoms with Crippen molar-refractivity contribution < 1.29 is 53.4 Å². The summed E-state index contributed by atoms with van der Waals surface area (Å²) < 4.78 is 24.1. The number of carbonyl (C=O) groups is 4. The largest absolute Gasteiger partial charge is 0.507 e. The van der Waals surface area contributed by atoms with Crippen LogP contribution in [0.3, 0.4) is 0 Å². The van der Waals surface area contributed by atoms with Crippen LogP contribution in [0.2, 0.25) is 0 Å². The number of phenolic OH excluding ortho intramolecular Hbond substituents is 2. The molecule has 2 saturated heterocycles. The summed E-state index contributed by atoms with van der Waals surface area (Å²) in [6, 6.07) is 0. The van der Waals surface area contributed by atoms with E-state index in [4.69, 9.17) is 28.9 Å². The van der Waals surface area contributed by atoms with Gasteiger partial charge in [-0.1, -0.05) is 59.8 Å². The van der Waals surface area contributed by atoms with E-state index in [2.05, 4.69) is 29.0 Å². The summed E-state index contributed by atoms with van der Waals surface area (Å²) in [5.41, 5.74) is -0.416. The monoisotopic (exact) mass is 942 g/mol. The van der Waals surface area contributed by atoms with Gasteiger partial charge in [-0.15, -0.1) is 0 Å². The fourth-order valence-corrected chi connectivity index (χ4v) is 10.4. The minimum atomic E-state index is -1.92. The van der Waals surface area contributed by atoms with E-state index in [1.807, 2.05) is 40.8 Å². The number of ether oxygens (including phenoxy) is 4. The number of piperidine rings is 2. The number of phenols is 2. The molecule has 0 aromatic heterocycles. The van der Waals surface area contributed by atoms with Crippen molar-refractivity contribution in [3.8, 4) is 17.2 Å². The molecule has 68 heavy (non-hydrogen) atoms. The van der Waals surface area contributed by atoms with Crippen LogP contribution in [0.1, 0.15) is 116 Å². The molecule has 4 N–H and O–H groups in total. The van der Waals surface area contributed by atoms with Crippen molar-refractivity contribution in [2.75, 3.05) is 45.1 Å². The van der Waals surface area contributed by atoms with Crippen molar-refractivity contribution >= 4 is 40.1 Å². The number of benzene rings is 2. The highest BCUT2D eigenvalue weighted by molar-refractivity contribution is 6.19. The van der Waals surface area contributed by atoms with E-state index < -0.39 is 71.3 Å². The van der Waals surface area contributed by atoms with Crippen LogP contribution in [0, 0.1) is 36.5 Å². The summed E-state index contributed by atoms with van der Waals surface area (Å²) in [6.07, 6.45) is 9.14. The highest BCUT2D eigenvalue weighted by Crippen LogP contribution is 2.50. The third-order valence-corrected chi connectivity index (χ3v) is 14.4. The summed E-state index contributed by atoms with van der Waals surface area (Å²) in [6.45, 7) is 20.6. The number of anilines is 1. The molecule has 8 rings (SSSR count). The molecule has 6 aliphatic heterocycles. The van der Waals surface area contributed by atoms with Gasteiger partial charge in [-0.05, 0) is 76.3 Å².